The van der Waals surface area contributed by atoms with Crippen LogP contribution in [0.25, 0.3) is 0 Å². The fourth-order valence-corrected chi connectivity index (χ4v) is 11.5. The van der Waals surface area contributed by atoms with Gasteiger partial charge in [-0.15, -0.1) is 0 Å². The highest BCUT2D eigenvalue weighted by Gasteiger charge is 2.46. The molecular weight excluding hydrogens is 272 g/mol. The Morgan fingerprint density at radius 1 is 0.667 bits per heavy atom. The summed E-state index contributed by atoms with van der Waals surface area (Å²) in [6.07, 6.45) is 0. The second-order valence-corrected chi connectivity index (χ2v) is 21.7. The summed E-state index contributed by atoms with van der Waals surface area (Å²) in [4.78, 5) is 0. The minimum atomic E-state index is -1.94. The van der Waals surface area contributed by atoms with Crippen LogP contribution in [0, 0.1) is 0 Å². The van der Waals surface area contributed by atoms with Gasteiger partial charge in [0.2, 0.25) is 0 Å². The highest BCUT2D eigenvalue weighted by atomic mass is 35.6. The lowest BCUT2D eigenvalue weighted by Crippen LogP contribution is -2.67. The molecule has 0 aliphatic rings. The van der Waals surface area contributed by atoms with E-state index in [-0.39, 0.29) is 0 Å². The van der Waals surface area contributed by atoms with E-state index in [4.69, 9.17) is 11.1 Å². The molecule has 0 aliphatic heterocycles. The van der Waals surface area contributed by atoms with Crippen molar-refractivity contribution in [3.8, 4) is 0 Å². The van der Waals surface area contributed by atoms with Crippen LogP contribution in [0.4, 0.5) is 0 Å². The van der Waals surface area contributed by atoms with Gasteiger partial charge in [-0.05, 0) is 5.19 Å². The lowest BCUT2D eigenvalue weighted by molar-refractivity contribution is 1.71. The SMILES string of the molecule is C[Si](C)(c1ccccc1)[Si](C)(Cl)c1ccccc1. The van der Waals surface area contributed by atoms with Gasteiger partial charge in [0.15, 0.2) is 6.90 Å². The van der Waals surface area contributed by atoms with Gasteiger partial charge in [0.1, 0.15) is 0 Å². The van der Waals surface area contributed by atoms with Crippen molar-refractivity contribution in [2.45, 2.75) is 19.6 Å². The zero-order valence-electron chi connectivity index (χ0n) is 11.2. The third-order valence-electron chi connectivity index (χ3n) is 3.99. The van der Waals surface area contributed by atoms with Gasteiger partial charge < -0.3 is 0 Å². The van der Waals surface area contributed by atoms with Gasteiger partial charge in [-0.3, -0.25) is 0 Å². The third kappa shape index (κ3) is 2.33. The van der Waals surface area contributed by atoms with E-state index >= 15 is 0 Å². The first kappa shape index (κ1) is 13.6. The summed E-state index contributed by atoms with van der Waals surface area (Å²) >= 11 is 7.09. The fourth-order valence-electron chi connectivity index (χ4n) is 2.24. The van der Waals surface area contributed by atoms with Gasteiger partial charge in [-0.2, -0.15) is 11.1 Å². The first-order valence-corrected chi connectivity index (χ1v) is 13.8. The molecule has 94 valence electrons. The van der Waals surface area contributed by atoms with Gasteiger partial charge in [0.05, 0.1) is 7.59 Å². The summed E-state index contributed by atoms with van der Waals surface area (Å²) in [6.45, 7) is 5.15. The molecule has 0 bridgehead atoms. The van der Waals surface area contributed by atoms with Crippen molar-refractivity contribution in [2.75, 3.05) is 0 Å². The second kappa shape index (κ2) is 5.04. The molecule has 0 N–H and O–H groups in total. The van der Waals surface area contributed by atoms with E-state index in [9.17, 15) is 0 Å². The molecule has 0 radical (unpaired) electrons. The molecule has 3 heteroatoms. The Hall–Kier alpha value is -0.836. The van der Waals surface area contributed by atoms with E-state index in [1.165, 1.54) is 10.4 Å². The molecule has 0 nitrogen and oxygen atoms in total. The standard InChI is InChI=1S/C15H19ClSi2/c1-17(2,14-10-6-4-7-11-14)18(3,16)15-12-8-5-9-13-15/h4-13H,1-3H3. The molecule has 18 heavy (non-hydrogen) atoms. The van der Waals surface area contributed by atoms with Crippen LogP contribution in [0.3, 0.4) is 0 Å². The number of rotatable bonds is 3. The lowest BCUT2D eigenvalue weighted by atomic mass is 10.4. The molecule has 0 heterocycles. The highest BCUT2D eigenvalue weighted by Crippen LogP contribution is 2.23. The smallest absolute Gasteiger partial charge is 0.164 e. The van der Waals surface area contributed by atoms with Crippen molar-refractivity contribution < 1.29 is 0 Å². The number of benzene rings is 2. The Morgan fingerprint density at radius 2 is 1.06 bits per heavy atom. The van der Waals surface area contributed by atoms with Crippen LogP contribution in [-0.2, 0) is 0 Å². The largest absolute Gasteiger partial charge is 0.178 e. The van der Waals surface area contributed by atoms with E-state index < -0.39 is 14.5 Å². The van der Waals surface area contributed by atoms with Crippen molar-refractivity contribution in [1.29, 1.82) is 0 Å². The molecule has 2 rings (SSSR count). The third-order valence-corrected chi connectivity index (χ3v) is 23.2. The van der Waals surface area contributed by atoms with Crippen LogP contribution in [0.15, 0.2) is 60.7 Å². The highest BCUT2D eigenvalue weighted by molar-refractivity contribution is 7.66. The molecular formula is C15H19ClSi2. The maximum Gasteiger partial charge on any atom is 0.178 e. The first-order chi connectivity index (χ1) is 8.46. The molecule has 0 saturated heterocycles. The van der Waals surface area contributed by atoms with Crippen LogP contribution >= 0.6 is 11.1 Å². The quantitative estimate of drug-likeness (QED) is 0.600. The average molecular weight is 291 g/mol. The molecule has 1 unspecified atom stereocenters. The number of hydrogen-bond donors (Lipinski definition) is 0. The van der Waals surface area contributed by atoms with E-state index in [1.54, 1.807) is 0 Å². The van der Waals surface area contributed by atoms with Crippen molar-refractivity contribution in [3.05, 3.63) is 60.7 Å². The van der Waals surface area contributed by atoms with Gasteiger partial charge in [-0.1, -0.05) is 85.5 Å². The van der Waals surface area contributed by atoms with E-state index in [2.05, 4.69) is 80.3 Å². The first-order valence-electron chi connectivity index (χ1n) is 6.26. The summed E-state index contributed by atoms with van der Waals surface area (Å²) in [5.74, 6) is 0. The minimum absolute atomic E-state index is 1.35. The monoisotopic (exact) mass is 290 g/mol. The van der Waals surface area contributed by atoms with E-state index in [0.717, 1.165) is 0 Å². The number of hydrogen-bond acceptors (Lipinski definition) is 0. The van der Waals surface area contributed by atoms with E-state index in [1.807, 2.05) is 0 Å². The second-order valence-electron chi connectivity index (χ2n) is 5.36. The van der Waals surface area contributed by atoms with Crippen molar-refractivity contribution in [2.24, 2.45) is 0 Å². The van der Waals surface area contributed by atoms with Crippen LogP contribution in [0.1, 0.15) is 0 Å². The predicted molar refractivity (Wildman–Crippen MR) is 87.1 cm³/mol. The normalized spacial score (nSPS) is 15.1. The molecule has 2 aromatic carbocycles. The molecule has 1 atom stereocenters. The molecule has 0 saturated carbocycles. The van der Waals surface area contributed by atoms with Crippen LogP contribution in [0.2, 0.25) is 19.6 Å². The van der Waals surface area contributed by atoms with Gasteiger partial charge >= 0.3 is 0 Å². The average Bonchev–Trinajstić information content (AvgIpc) is 2.40. The zero-order chi connectivity index (χ0) is 13.2. The van der Waals surface area contributed by atoms with E-state index in [0.29, 0.717) is 0 Å². The lowest BCUT2D eigenvalue weighted by Gasteiger charge is -2.36. The Bertz CT molecular complexity index is 457. The fraction of sp³-hybridized carbons (Fsp3) is 0.200. The Labute approximate surface area is 116 Å². The molecule has 0 aliphatic carbocycles. The zero-order valence-corrected chi connectivity index (χ0v) is 13.9. The summed E-state index contributed by atoms with van der Waals surface area (Å²) in [5, 5.41) is 2.81. The molecule has 2 aromatic rings. The Kier molecular flexibility index (Phi) is 3.80. The van der Waals surface area contributed by atoms with Gasteiger partial charge in [0, 0.05) is 0 Å². The summed E-state index contributed by atoms with van der Waals surface area (Å²) in [5.41, 5.74) is 0. The van der Waals surface area contributed by atoms with Crippen molar-refractivity contribution in [3.63, 3.8) is 0 Å². The maximum atomic E-state index is 7.09. The van der Waals surface area contributed by atoms with Crippen LogP contribution in [0.5, 0.6) is 0 Å². The topological polar surface area (TPSA) is 0 Å². The number of halogens is 1. The Balaban J connectivity index is 2.47. The molecule has 0 aromatic heterocycles. The molecule has 0 spiro atoms. The maximum absolute atomic E-state index is 7.09. The van der Waals surface area contributed by atoms with Crippen molar-refractivity contribution >= 4 is 35.9 Å². The van der Waals surface area contributed by atoms with Crippen LogP contribution in [-0.4, -0.2) is 14.5 Å². The molecule has 0 amide bonds. The van der Waals surface area contributed by atoms with Crippen LogP contribution < -0.4 is 10.4 Å². The van der Waals surface area contributed by atoms with Gasteiger partial charge in [0.25, 0.3) is 0 Å². The van der Waals surface area contributed by atoms with Crippen molar-refractivity contribution in [1.82, 2.24) is 0 Å². The Morgan fingerprint density at radius 3 is 1.50 bits per heavy atom. The minimum Gasteiger partial charge on any atom is -0.164 e. The summed E-state index contributed by atoms with van der Waals surface area (Å²) in [6, 6.07) is 21.4. The molecule has 0 fully saturated rings. The van der Waals surface area contributed by atoms with Gasteiger partial charge in [-0.25, -0.2) is 0 Å². The predicted octanol–water partition coefficient (Wildman–Crippen LogP) is 3.40. The summed E-state index contributed by atoms with van der Waals surface area (Å²) in [7, 11) is -1.64. The summed E-state index contributed by atoms with van der Waals surface area (Å²) < 4.78 is 0.